The van der Waals surface area contributed by atoms with Crippen molar-refractivity contribution in [2.45, 2.75) is 19.1 Å². The van der Waals surface area contributed by atoms with Gasteiger partial charge in [-0.3, -0.25) is 4.79 Å². The highest BCUT2D eigenvalue weighted by Gasteiger charge is 2.27. The molecule has 1 unspecified atom stereocenters. The molecule has 0 bridgehead atoms. The van der Waals surface area contributed by atoms with Crippen LogP contribution in [0.2, 0.25) is 0 Å². The van der Waals surface area contributed by atoms with Crippen molar-refractivity contribution in [2.75, 3.05) is 43.5 Å². The highest BCUT2D eigenvalue weighted by molar-refractivity contribution is 7.10. The van der Waals surface area contributed by atoms with E-state index in [1.54, 1.807) is 29.5 Å². The molecule has 0 fully saturated rings. The zero-order valence-corrected chi connectivity index (χ0v) is 19.9. The first-order valence-corrected chi connectivity index (χ1v) is 11.8. The number of carbonyl (C=O) groups excluding carboxylic acids is 1. The van der Waals surface area contributed by atoms with Crippen molar-refractivity contribution in [3.05, 3.63) is 70.3 Å². The van der Waals surface area contributed by atoms with E-state index in [0.717, 1.165) is 16.1 Å². The van der Waals surface area contributed by atoms with Gasteiger partial charge < -0.3 is 24.5 Å². The first-order valence-electron chi connectivity index (χ1n) is 10.9. The van der Waals surface area contributed by atoms with Crippen molar-refractivity contribution < 1.29 is 19.4 Å². The van der Waals surface area contributed by atoms with Gasteiger partial charge in [0, 0.05) is 50.5 Å². The van der Waals surface area contributed by atoms with E-state index < -0.39 is 6.09 Å². The van der Waals surface area contributed by atoms with E-state index in [4.69, 9.17) is 9.84 Å². The van der Waals surface area contributed by atoms with Crippen molar-refractivity contribution >= 4 is 34.8 Å². The molecule has 2 aromatic heterocycles. The van der Waals surface area contributed by atoms with Crippen LogP contribution >= 0.6 is 11.3 Å². The summed E-state index contributed by atoms with van der Waals surface area (Å²) in [4.78, 5) is 38.7. The molecule has 2 amide bonds. The summed E-state index contributed by atoms with van der Waals surface area (Å²) in [6.07, 6.45) is 2.39. The molecule has 4 rings (SSSR count). The second-order valence-electron chi connectivity index (χ2n) is 8.12. The summed E-state index contributed by atoms with van der Waals surface area (Å²) < 4.78 is 6.23. The Balaban J connectivity index is 1.49. The van der Waals surface area contributed by atoms with Gasteiger partial charge in [0.15, 0.2) is 0 Å². The van der Waals surface area contributed by atoms with Crippen LogP contribution in [0, 0.1) is 0 Å². The van der Waals surface area contributed by atoms with Gasteiger partial charge in [-0.15, -0.1) is 11.3 Å². The Morgan fingerprint density at radius 2 is 2.15 bits per heavy atom. The number of benzene rings is 1. The van der Waals surface area contributed by atoms with E-state index in [-0.39, 0.29) is 12.0 Å². The maximum absolute atomic E-state index is 13.3. The van der Waals surface area contributed by atoms with Gasteiger partial charge in [0.1, 0.15) is 17.7 Å². The van der Waals surface area contributed by atoms with Gasteiger partial charge in [-0.1, -0.05) is 18.2 Å². The second-order valence-corrected chi connectivity index (χ2v) is 9.10. The predicted octanol–water partition coefficient (Wildman–Crippen LogP) is 3.89. The number of likely N-dealkylation sites (N-methyl/N-ethyl adjacent to an activating group) is 1. The molecule has 0 saturated carbocycles. The van der Waals surface area contributed by atoms with Crippen LogP contribution in [-0.4, -0.2) is 65.7 Å². The molecule has 1 atom stereocenters. The number of carboxylic acid groups (broad SMARTS) is 1. The average molecular weight is 482 g/mol. The molecule has 1 aliphatic heterocycles. The maximum Gasteiger partial charge on any atom is 0.407 e. The van der Waals surface area contributed by atoms with E-state index in [0.29, 0.717) is 44.0 Å². The standard InChI is InChI=1S/C24H27N5O4S/c1-27-10-11-29(23(30)19-14-25-16-26-22(19)27)18-6-3-5-17(13-18)15-33-20(21-7-4-12-34-21)8-9-28(2)24(31)32/h3-7,12-14,16,20H,8-11,15H2,1-2H3,(H,31,32). The van der Waals surface area contributed by atoms with Crippen LogP contribution in [0.1, 0.15) is 33.3 Å². The third-order valence-corrected chi connectivity index (χ3v) is 6.74. The topological polar surface area (TPSA) is 99.1 Å². The number of fused-ring (bicyclic) bond motifs is 1. The number of rotatable bonds is 8. The average Bonchev–Trinajstić information content (AvgIpc) is 3.35. The fourth-order valence-electron chi connectivity index (χ4n) is 3.83. The second kappa shape index (κ2) is 10.6. The largest absolute Gasteiger partial charge is 0.465 e. The van der Waals surface area contributed by atoms with Gasteiger partial charge in [0.25, 0.3) is 5.91 Å². The number of thiophene rings is 1. The summed E-state index contributed by atoms with van der Waals surface area (Å²) in [6, 6.07) is 11.7. The Morgan fingerprint density at radius 3 is 2.91 bits per heavy atom. The van der Waals surface area contributed by atoms with Gasteiger partial charge in [-0.25, -0.2) is 14.8 Å². The van der Waals surface area contributed by atoms with Crippen molar-refractivity contribution in [3.8, 4) is 0 Å². The molecule has 1 aliphatic rings. The van der Waals surface area contributed by atoms with E-state index >= 15 is 0 Å². The fraction of sp³-hybridized carbons (Fsp3) is 0.333. The van der Waals surface area contributed by atoms with Gasteiger partial charge in [0.2, 0.25) is 0 Å². The summed E-state index contributed by atoms with van der Waals surface area (Å²) in [7, 11) is 3.47. The lowest BCUT2D eigenvalue weighted by molar-refractivity contribution is 0.0310. The number of ether oxygens (including phenoxy) is 1. The van der Waals surface area contributed by atoms with Crippen molar-refractivity contribution in [3.63, 3.8) is 0 Å². The zero-order chi connectivity index (χ0) is 24.1. The molecule has 0 spiro atoms. The number of carbonyl (C=O) groups is 2. The Morgan fingerprint density at radius 1 is 1.29 bits per heavy atom. The Kier molecular flexibility index (Phi) is 7.39. The van der Waals surface area contributed by atoms with Gasteiger partial charge in [-0.2, -0.15) is 0 Å². The summed E-state index contributed by atoms with van der Waals surface area (Å²) in [5, 5.41) is 11.1. The summed E-state index contributed by atoms with van der Waals surface area (Å²) in [6.45, 7) is 1.88. The lowest BCUT2D eigenvalue weighted by Crippen LogP contribution is -2.33. The molecule has 34 heavy (non-hydrogen) atoms. The Bertz CT molecular complexity index is 1140. The predicted molar refractivity (Wildman–Crippen MR) is 131 cm³/mol. The lowest BCUT2D eigenvalue weighted by Gasteiger charge is -2.23. The van der Waals surface area contributed by atoms with Crippen LogP contribution in [0.5, 0.6) is 0 Å². The summed E-state index contributed by atoms with van der Waals surface area (Å²) in [5.74, 6) is 0.498. The van der Waals surface area contributed by atoms with Crippen LogP contribution in [0.4, 0.5) is 16.3 Å². The summed E-state index contributed by atoms with van der Waals surface area (Å²) >= 11 is 1.59. The number of hydrogen-bond acceptors (Lipinski definition) is 7. The maximum atomic E-state index is 13.3. The van der Waals surface area contributed by atoms with Crippen LogP contribution in [0.25, 0.3) is 0 Å². The van der Waals surface area contributed by atoms with Gasteiger partial charge >= 0.3 is 6.09 Å². The van der Waals surface area contributed by atoms with Crippen molar-refractivity contribution in [1.82, 2.24) is 14.9 Å². The number of hydrogen-bond donors (Lipinski definition) is 1. The van der Waals surface area contributed by atoms with Gasteiger partial charge in [0.05, 0.1) is 12.7 Å². The first-order chi connectivity index (χ1) is 16.4. The number of amides is 2. The van der Waals surface area contributed by atoms with Crippen molar-refractivity contribution in [2.24, 2.45) is 0 Å². The van der Waals surface area contributed by atoms with Crippen LogP contribution in [-0.2, 0) is 11.3 Å². The lowest BCUT2D eigenvalue weighted by atomic mass is 10.1. The molecule has 0 aliphatic carbocycles. The minimum Gasteiger partial charge on any atom is -0.465 e. The van der Waals surface area contributed by atoms with Gasteiger partial charge in [-0.05, 0) is 35.6 Å². The molecule has 1 aromatic carbocycles. The molecular formula is C24H27N5O4S. The number of nitrogens with zero attached hydrogens (tertiary/aromatic N) is 5. The molecule has 3 aromatic rings. The highest BCUT2D eigenvalue weighted by atomic mass is 32.1. The monoisotopic (exact) mass is 481 g/mol. The SMILES string of the molecule is CN(CCC(OCc1cccc(N2CCN(C)c3ncncc3C2=O)c1)c1cccs1)C(=O)O. The first kappa shape index (κ1) is 23.7. The van der Waals surface area contributed by atoms with E-state index in [2.05, 4.69) is 9.97 Å². The third kappa shape index (κ3) is 5.35. The normalized spacial score (nSPS) is 14.5. The van der Waals surface area contributed by atoms with E-state index in [1.807, 2.05) is 53.7 Å². The molecule has 9 nitrogen and oxygen atoms in total. The smallest absolute Gasteiger partial charge is 0.407 e. The van der Waals surface area contributed by atoms with Crippen LogP contribution in [0.3, 0.4) is 0 Å². The van der Waals surface area contributed by atoms with E-state index in [9.17, 15) is 9.59 Å². The minimum absolute atomic E-state index is 0.133. The summed E-state index contributed by atoms with van der Waals surface area (Å²) in [5.41, 5.74) is 2.19. The van der Waals surface area contributed by atoms with Crippen LogP contribution in [0.15, 0.2) is 54.3 Å². The Labute approximate surface area is 202 Å². The zero-order valence-electron chi connectivity index (χ0n) is 19.1. The van der Waals surface area contributed by atoms with Crippen LogP contribution < -0.4 is 9.80 Å². The number of anilines is 2. The molecular weight excluding hydrogens is 454 g/mol. The highest BCUT2D eigenvalue weighted by Crippen LogP contribution is 2.29. The Hall–Kier alpha value is -3.50. The third-order valence-electron chi connectivity index (χ3n) is 5.77. The molecule has 10 heteroatoms. The quantitative estimate of drug-likeness (QED) is 0.521. The molecule has 178 valence electrons. The molecule has 3 heterocycles. The molecule has 0 radical (unpaired) electrons. The molecule has 1 N–H and O–H groups in total. The fourth-order valence-corrected chi connectivity index (χ4v) is 4.64. The van der Waals surface area contributed by atoms with Crippen molar-refractivity contribution in [1.29, 1.82) is 0 Å². The number of aromatic nitrogens is 2. The van der Waals surface area contributed by atoms with E-state index in [1.165, 1.54) is 11.2 Å². The molecule has 0 saturated heterocycles. The minimum atomic E-state index is -0.961.